The summed E-state index contributed by atoms with van der Waals surface area (Å²) in [6, 6.07) is 15.6. The van der Waals surface area contributed by atoms with E-state index in [0.717, 1.165) is 23.8 Å². The molecule has 0 spiro atoms. The summed E-state index contributed by atoms with van der Waals surface area (Å²) < 4.78 is 0. The molecule has 0 aliphatic heterocycles. The van der Waals surface area contributed by atoms with Gasteiger partial charge in [0.1, 0.15) is 0 Å². The van der Waals surface area contributed by atoms with E-state index in [4.69, 9.17) is 0 Å². The van der Waals surface area contributed by atoms with Gasteiger partial charge in [-0.2, -0.15) is 5.10 Å². The van der Waals surface area contributed by atoms with Gasteiger partial charge in [0.15, 0.2) is 0 Å². The van der Waals surface area contributed by atoms with E-state index in [1.165, 1.54) is 5.56 Å². The molecular formula is C21H21N3O2. The van der Waals surface area contributed by atoms with Gasteiger partial charge in [-0.15, -0.1) is 0 Å². The highest BCUT2D eigenvalue weighted by molar-refractivity contribution is 5.88. The fraction of sp³-hybridized carbons (Fsp3) is 0.286. The van der Waals surface area contributed by atoms with Crippen LogP contribution in [-0.2, 0) is 11.2 Å². The van der Waals surface area contributed by atoms with Crippen LogP contribution < -0.4 is 10.9 Å². The molecule has 1 atom stereocenters. The number of nitrogens with zero attached hydrogens (tertiary/aromatic N) is 1. The maximum absolute atomic E-state index is 12.7. The SMILES string of the molecule is Cc1ccc(C(NC(=O)Cc2n[nH]c(=O)c3ccccc23)C2CC2)cc1. The van der Waals surface area contributed by atoms with Crippen LogP contribution >= 0.6 is 0 Å². The largest absolute Gasteiger partial charge is 0.349 e. The molecule has 2 aromatic carbocycles. The number of carbonyl (C=O) groups excluding carboxylic acids is 1. The van der Waals surface area contributed by atoms with Crippen LogP contribution in [-0.4, -0.2) is 16.1 Å². The molecule has 132 valence electrons. The van der Waals surface area contributed by atoms with Crippen molar-refractivity contribution in [3.63, 3.8) is 0 Å². The molecule has 1 aliphatic carbocycles. The highest BCUT2D eigenvalue weighted by atomic mass is 16.1. The summed E-state index contributed by atoms with van der Waals surface area (Å²) >= 11 is 0. The van der Waals surface area contributed by atoms with Crippen LogP contribution in [0, 0.1) is 12.8 Å². The molecule has 0 bridgehead atoms. The lowest BCUT2D eigenvalue weighted by Crippen LogP contribution is -2.31. The van der Waals surface area contributed by atoms with E-state index < -0.39 is 0 Å². The number of hydrogen-bond donors (Lipinski definition) is 2. The molecule has 0 saturated heterocycles. The number of amides is 1. The van der Waals surface area contributed by atoms with E-state index >= 15 is 0 Å². The average molecular weight is 347 g/mol. The van der Waals surface area contributed by atoms with E-state index in [9.17, 15) is 9.59 Å². The second kappa shape index (κ2) is 6.75. The number of benzene rings is 2. The topological polar surface area (TPSA) is 74.8 Å². The van der Waals surface area contributed by atoms with Crippen LogP contribution in [0.15, 0.2) is 53.3 Å². The quantitative estimate of drug-likeness (QED) is 0.745. The zero-order valence-corrected chi connectivity index (χ0v) is 14.7. The normalized spacial score (nSPS) is 15.0. The average Bonchev–Trinajstić information content (AvgIpc) is 3.48. The zero-order chi connectivity index (χ0) is 18.1. The predicted octanol–water partition coefficient (Wildman–Crippen LogP) is 3.04. The first-order valence-electron chi connectivity index (χ1n) is 8.94. The van der Waals surface area contributed by atoms with Gasteiger partial charge >= 0.3 is 0 Å². The van der Waals surface area contributed by atoms with Crippen LogP contribution in [0.5, 0.6) is 0 Å². The molecule has 26 heavy (non-hydrogen) atoms. The van der Waals surface area contributed by atoms with Crippen molar-refractivity contribution in [2.75, 3.05) is 0 Å². The molecule has 1 saturated carbocycles. The van der Waals surface area contributed by atoms with Crippen LogP contribution in [0.25, 0.3) is 10.8 Å². The Bertz CT molecular complexity index is 1000. The number of rotatable bonds is 5. The molecular weight excluding hydrogens is 326 g/mol. The zero-order valence-electron chi connectivity index (χ0n) is 14.7. The third-order valence-electron chi connectivity index (χ3n) is 4.95. The number of fused-ring (bicyclic) bond motifs is 1. The molecule has 1 fully saturated rings. The molecule has 3 aromatic rings. The van der Waals surface area contributed by atoms with Gasteiger partial charge in [-0.25, -0.2) is 5.10 Å². The number of aromatic nitrogens is 2. The van der Waals surface area contributed by atoms with Crippen LogP contribution in [0.1, 0.15) is 35.7 Å². The minimum absolute atomic E-state index is 0.0390. The van der Waals surface area contributed by atoms with Crippen LogP contribution in [0.4, 0.5) is 0 Å². The molecule has 0 radical (unpaired) electrons. The second-order valence-corrected chi connectivity index (χ2v) is 7.02. The standard InChI is InChI=1S/C21H21N3O2/c1-13-6-8-14(9-7-13)20(15-10-11-15)22-19(25)12-18-16-4-2-3-5-17(16)21(26)24-23-18/h2-9,15,20H,10-12H2,1H3,(H,22,25)(H,24,26). The maximum atomic E-state index is 12.7. The molecule has 1 unspecified atom stereocenters. The smallest absolute Gasteiger partial charge is 0.272 e. The van der Waals surface area contributed by atoms with Crippen molar-refractivity contribution in [1.29, 1.82) is 0 Å². The molecule has 1 aromatic heterocycles. The Kier molecular flexibility index (Phi) is 4.29. The summed E-state index contributed by atoms with van der Waals surface area (Å²) in [6.45, 7) is 2.06. The summed E-state index contributed by atoms with van der Waals surface area (Å²) in [5.74, 6) is 0.425. The van der Waals surface area contributed by atoms with Crippen molar-refractivity contribution in [3.8, 4) is 0 Å². The van der Waals surface area contributed by atoms with Gasteiger partial charge in [-0.1, -0.05) is 48.0 Å². The van der Waals surface area contributed by atoms with E-state index in [0.29, 0.717) is 17.0 Å². The molecule has 4 rings (SSSR count). The first-order chi connectivity index (χ1) is 12.6. The third kappa shape index (κ3) is 3.38. The lowest BCUT2D eigenvalue weighted by atomic mass is 10.0. The Morgan fingerprint density at radius 3 is 2.54 bits per heavy atom. The van der Waals surface area contributed by atoms with Gasteiger partial charge in [0.05, 0.1) is 23.5 Å². The van der Waals surface area contributed by atoms with E-state index in [-0.39, 0.29) is 23.9 Å². The number of H-pyrrole nitrogens is 1. The fourth-order valence-corrected chi connectivity index (χ4v) is 3.36. The number of nitrogens with one attached hydrogen (secondary N) is 2. The minimum Gasteiger partial charge on any atom is -0.349 e. The minimum atomic E-state index is -0.236. The third-order valence-corrected chi connectivity index (χ3v) is 4.95. The van der Waals surface area contributed by atoms with Crippen molar-refractivity contribution in [2.24, 2.45) is 5.92 Å². The Hall–Kier alpha value is -2.95. The van der Waals surface area contributed by atoms with Gasteiger partial charge in [0.25, 0.3) is 5.56 Å². The molecule has 1 heterocycles. The predicted molar refractivity (Wildman–Crippen MR) is 101 cm³/mol. The Labute approximate surface area is 151 Å². The summed E-state index contributed by atoms with van der Waals surface area (Å²) in [6.07, 6.45) is 2.42. The Morgan fingerprint density at radius 1 is 1.15 bits per heavy atom. The second-order valence-electron chi connectivity index (χ2n) is 7.02. The van der Waals surface area contributed by atoms with Gasteiger partial charge < -0.3 is 5.32 Å². The Balaban J connectivity index is 1.56. The molecule has 5 heteroatoms. The number of carbonyl (C=O) groups is 1. The van der Waals surface area contributed by atoms with E-state index in [1.54, 1.807) is 6.07 Å². The molecule has 1 aliphatic rings. The number of hydrogen-bond acceptors (Lipinski definition) is 3. The monoisotopic (exact) mass is 347 g/mol. The van der Waals surface area contributed by atoms with Crippen molar-refractivity contribution in [1.82, 2.24) is 15.5 Å². The fourth-order valence-electron chi connectivity index (χ4n) is 3.36. The van der Waals surface area contributed by atoms with Crippen LogP contribution in [0.3, 0.4) is 0 Å². The van der Waals surface area contributed by atoms with Gasteiger partial charge in [0, 0.05) is 5.39 Å². The van der Waals surface area contributed by atoms with E-state index in [2.05, 4.69) is 46.7 Å². The van der Waals surface area contributed by atoms with Gasteiger partial charge in [0.2, 0.25) is 5.91 Å². The summed E-state index contributed by atoms with van der Waals surface area (Å²) in [5.41, 5.74) is 2.71. The highest BCUT2D eigenvalue weighted by Crippen LogP contribution is 2.41. The first-order valence-corrected chi connectivity index (χ1v) is 8.94. The molecule has 1 amide bonds. The Morgan fingerprint density at radius 2 is 1.85 bits per heavy atom. The lowest BCUT2D eigenvalue weighted by Gasteiger charge is -2.19. The van der Waals surface area contributed by atoms with Gasteiger partial charge in [-0.3, -0.25) is 9.59 Å². The van der Waals surface area contributed by atoms with Crippen molar-refractivity contribution >= 4 is 16.7 Å². The lowest BCUT2D eigenvalue weighted by molar-refractivity contribution is -0.121. The van der Waals surface area contributed by atoms with Crippen molar-refractivity contribution < 1.29 is 4.79 Å². The van der Waals surface area contributed by atoms with E-state index in [1.807, 2.05) is 18.2 Å². The summed E-state index contributed by atoms with van der Waals surface area (Å²) in [5, 5.41) is 11.0. The molecule has 5 nitrogen and oxygen atoms in total. The first kappa shape index (κ1) is 16.5. The van der Waals surface area contributed by atoms with Crippen LogP contribution in [0.2, 0.25) is 0 Å². The summed E-state index contributed by atoms with van der Waals surface area (Å²) in [7, 11) is 0. The number of aromatic amines is 1. The van der Waals surface area contributed by atoms with Crippen molar-refractivity contribution in [2.45, 2.75) is 32.2 Å². The van der Waals surface area contributed by atoms with Gasteiger partial charge in [-0.05, 0) is 37.3 Å². The highest BCUT2D eigenvalue weighted by Gasteiger charge is 2.33. The summed E-state index contributed by atoms with van der Waals surface area (Å²) in [4.78, 5) is 24.6. The van der Waals surface area contributed by atoms with Crippen molar-refractivity contribution in [3.05, 3.63) is 75.7 Å². The maximum Gasteiger partial charge on any atom is 0.272 e. The number of aryl methyl sites for hydroxylation is 1. The molecule has 2 N–H and O–H groups in total.